The molecule has 2 aromatic rings. The quantitative estimate of drug-likeness (QED) is 0.858. The first kappa shape index (κ1) is 18.1. The summed E-state index contributed by atoms with van der Waals surface area (Å²) in [6, 6.07) is 6.78. The van der Waals surface area contributed by atoms with Crippen LogP contribution in [0.3, 0.4) is 0 Å². The molecule has 138 valence electrons. The first-order valence-electron chi connectivity index (χ1n) is 7.72. The number of hydrogen-bond acceptors (Lipinski definition) is 5. The number of rotatable bonds is 5. The van der Waals surface area contributed by atoms with E-state index in [1.807, 2.05) is 0 Å². The second-order valence-corrected chi connectivity index (χ2v) is 7.69. The van der Waals surface area contributed by atoms with Gasteiger partial charge in [0, 0.05) is 24.2 Å². The Morgan fingerprint density at radius 2 is 1.65 bits per heavy atom. The monoisotopic (exact) mass is 383 g/mol. The molecule has 1 amide bonds. The fourth-order valence-corrected chi connectivity index (χ4v) is 3.66. The molecular weight excluding hydrogens is 368 g/mol. The van der Waals surface area contributed by atoms with Crippen molar-refractivity contribution < 1.29 is 31.5 Å². The number of halogens is 2. The van der Waals surface area contributed by atoms with E-state index >= 15 is 0 Å². The Bertz CT molecular complexity index is 926. The van der Waals surface area contributed by atoms with E-state index in [0.29, 0.717) is 30.8 Å². The van der Waals surface area contributed by atoms with E-state index in [9.17, 15) is 22.0 Å². The first-order chi connectivity index (χ1) is 12.3. The summed E-state index contributed by atoms with van der Waals surface area (Å²) in [6.45, 7) is 0.711. The lowest BCUT2D eigenvalue weighted by molar-refractivity contribution is -0.115. The lowest BCUT2D eigenvalue weighted by Crippen LogP contribution is -2.18. The number of fused-ring (bicyclic) bond motifs is 1. The van der Waals surface area contributed by atoms with E-state index in [1.54, 1.807) is 0 Å². The third-order valence-corrected chi connectivity index (χ3v) is 5.33. The van der Waals surface area contributed by atoms with Crippen LogP contribution in [0.5, 0.6) is 11.5 Å². The van der Waals surface area contributed by atoms with Crippen molar-refractivity contribution in [3.63, 3.8) is 0 Å². The zero-order chi connectivity index (χ0) is 18.7. The van der Waals surface area contributed by atoms with Crippen molar-refractivity contribution in [2.45, 2.75) is 11.3 Å². The van der Waals surface area contributed by atoms with Crippen LogP contribution in [0.4, 0.5) is 14.5 Å². The minimum absolute atomic E-state index is 0.00588. The van der Waals surface area contributed by atoms with Crippen molar-refractivity contribution in [3.8, 4) is 11.5 Å². The van der Waals surface area contributed by atoms with Crippen LogP contribution < -0.4 is 14.8 Å². The second-order valence-electron chi connectivity index (χ2n) is 5.58. The summed E-state index contributed by atoms with van der Waals surface area (Å²) >= 11 is 0. The number of nitrogens with one attached hydrogen (secondary N) is 1. The lowest BCUT2D eigenvalue weighted by atomic mass is 10.3. The van der Waals surface area contributed by atoms with E-state index in [-0.39, 0.29) is 17.0 Å². The van der Waals surface area contributed by atoms with Crippen molar-refractivity contribution in [1.29, 1.82) is 0 Å². The topological polar surface area (TPSA) is 81.7 Å². The third kappa shape index (κ3) is 4.29. The molecule has 0 spiro atoms. The van der Waals surface area contributed by atoms with Gasteiger partial charge in [-0.05, 0) is 24.3 Å². The summed E-state index contributed by atoms with van der Waals surface area (Å²) < 4.78 is 61.7. The maximum atomic E-state index is 13.1. The van der Waals surface area contributed by atoms with Crippen LogP contribution in [0.25, 0.3) is 0 Å². The van der Waals surface area contributed by atoms with Crippen LogP contribution in [-0.2, 0) is 14.6 Å². The van der Waals surface area contributed by atoms with Crippen LogP contribution in [0.2, 0.25) is 0 Å². The largest absolute Gasteiger partial charge is 0.486 e. The van der Waals surface area contributed by atoms with Gasteiger partial charge in [0.05, 0.1) is 10.6 Å². The molecule has 1 aliphatic rings. The van der Waals surface area contributed by atoms with Crippen molar-refractivity contribution in [3.05, 3.63) is 48.0 Å². The van der Waals surface area contributed by atoms with Gasteiger partial charge in [-0.2, -0.15) is 0 Å². The highest BCUT2D eigenvalue weighted by molar-refractivity contribution is 7.91. The van der Waals surface area contributed by atoms with Crippen LogP contribution in [0.15, 0.2) is 41.3 Å². The van der Waals surface area contributed by atoms with E-state index in [0.717, 1.165) is 12.1 Å². The maximum absolute atomic E-state index is 13.1. The van der Waals surface area contributed by atoms with E-state index in [4.69, 9.17) is 9.47 Å². The average Bonchev–Trinajstić information content (AvgIpc) is 2.59. The number of ether oxygens (including phenoxy) is 2. The molecule has 0 aromatic heterocycles. The molecule has 0 saturated heterocycles. The summed E-state index contributed by atoms with van der Waals surface area (Å²) in [5.74, 6) is -2.03. The highest BCUT2D eigenvalue weighted by Crippen LogP contribution is 2.32. The first-order valence-corrected chi connectivity index (χ1v) is 9.37. The summed E-state index contributed by atoms with van der Waals surface area (Å²) in [7, 11) is -3.74. The normalized spacial score (nSPS) is 13.3. The van der Waals surface area contributed by atoms with E-state index in [2.05, 4.69) is 5.32 Å². The number of anilines is 1. The van der Waals surface area contributed by atoms with Gasteiger partial charge in [-0.1, -0.05) is 0 Å². The number of amides is 1. The molecule has 0 atom stereocenters. The minimum atomic E-state index is -3.74. The average molecular weight is 383 g/mol. The molecule has 26 heavy (non-hydrogen) atoms. The number of carbonyl (C=O) groups is 1. The molecule has 0 bridgehead atoms. The van der Waals surface area contributed by atoms with Crippen molar-refractivity contribution >= 4 is 21.4 Å². The molecule has 0 unspecified atom stereocenters. The zero-order valence-corrected chi connectivity index (χ0v) is 14.3. The summed E-state index contributed by atoms with van der Waals surface area (Å²) in [6.07, 6.45) is -0.366. The van der Waals surface area contributed by atoms with Crippen molar-refractivity contribution in [1.82, 2.24) is 0 Å². The van der Waals surface area contributed by atoms with Gasteiger partial charge in [0.25, 0.3) is 0 Å². The highest BCUT2D eigenvalue weighted by Gasteiger charge is 2.20. The molecule has 3 rings (SSSR count). The van der Waals surface area contributed by atoms with Gasteiger partial charge in [0.2, 0.25) is 5.91 Å². The Hall–Kier alpha value is -2.68. The molecule has 6 nitrogen and oxygen atoms in total. The Labute approximate surface area is 148 Å². The lowest BCUT2D eigenvalue weighted by Gasteiger charge is -2.18. The molecule has 1 aliphatic heterocycles. The fourth-order valence-electron chi connectivity index (χ4n) is 2.41. The van der Waals surface area contributed by atoms with Crippen LogP contribution in [-0.4, -0.2) is 33.3 Å². The Kier molecular flexibility index (Phi) is 5.08. The SMILES string of the molecule is O=C(CCS(=O)(=O)c1ccc2c(c1)OCCO2)Nc1cc(F)cc(F)c1. The number of carbonyl (C=O) groups excluding carboxylic acids is 1. The van der Waals surface area contributed by atoms with Crippen molar-refractivity contribution in [2.24, 2.45) is 0 Å². The van der Waals surface area contributed by atoms with Gasteiger partial charge in [0.15, 0.2) is 21.3 Å². The van der Waals surface area contributed by atoms with Gasteiger partial charge in [-0.15, -0.1) is 0 Å². The highest BCUT2D eigenvalue weighted by atomic mass is 32.2. The molecule has 0 aliphatic carbocycles. The van der Waals surface area contributed by atoms with E-state index in [1.165, 1.54) is 18.2 Å². The summed E-state index contributed by atoms with van der Waals surface area (Å²) in [5, 5.41) is 2.27. The molecule has 1 N–H and O–H groups in total. The molecule has 0 fully saturated rings. The van der Waals surface area contributed by atoms with Crippen LogP contribution in [0, 0.1) is 11.6 Å². The molecule has 0 saturated carbocycles. The predicted molar refractivity (Wildman–Crippen MR) is 89.1 cm³/mol. The van der Waals surface area contributed by atoms with Crippen molar-refractivity contribution in [2.75, 3.05) is 24.3 Å². The number of sulfone groups is 1. The van der Waals surface area contributed by atoms with Crippen LogP contribution in [0.1, 0.15) is 6.42 Å². The smallest absolute Gasteiger partial charge is 0.225 e. The fraction of sp³-hybridized carbons (Fsp3) is 0.235. The van der Waals surface area contributed by atoms with Gasteiger partial charge in [0.1, 0.15) is 24.8 Å². The van der Waals surface area contributed by atoms with Gasteiger partial charge in [-0.25, -0.2) is 17.2 Å². The maximum Gasteiger partial charge on any atom is 0.225 e. The molecular formula is C17H15F2NO5S. The van der Waals surface area contributed by atoms with E-state index < -0.39 is 33.1 Å². The summed E-state index contributed by atoms with van der Waals surface area (Å²) in [5.41, 5.74) is -0.0794. The molecule has 2 aromatic carbocycles. The zero-order valence-electron chi connectivity index (χ0n) is 13.5. The van der Waals surface area contributed by atoms with Gasteiger partial charge in [-0.3, -0.25) is 4.79 Å². The predicted octanol–water partition coefficient (Wildman–Crippen LogP) is 2.54. The molecule has 9 heteroatoms. The third-order valence-electron chi connectivity index (χ3n) is 3.62. The number of hydrogen-bond donors (Lipinski definition) is 1. The minimum Gasteiger partial charge on any atom is -0.486 e. The Morgan fingerprint density at radius 1 is 1.00 bits per heavy atom. The Balaban J connectivity index is 1.65. The summed E-state index contributed by atoms with van der Waals surface area (Å²) in [4.78, 5) is 11.9. The molecule has 1 heterocycles. The second kappa shape index (κ2) is 7.28. The number of benzene rings is 2. The van der Waals surface area contributed by atoms with Gasteiger partial charge >= 0.3 is 0 Å². The molecule has 0 radical (unpaired) electrons. The standard InChI is InChI=1S/C17H15F2NO5S/c18-11-7-12(19)9-13(8-11)20-17(21)3-6-26(22,23)14-1-2-15-16(10-14)25-5-4-24-15/h1-2,7-10H,3-6H2,(H,20,21). The van der Waals surface area contributed by atoms with Gasteiger partial charge < -0.3 is 14.8 Å². The van der Waals surface area contributed by atoms with Crippen LogP contribution >= 0.6 is 0 Å². The Morgan fingerprint density at radius 3 is 2.35 bits per heavy atom.